The summed E-state index contributed by atoms with van der Waals surface area (Å²) in [5.74, 6) is 0.433. The molecule has 0 spiro atoms. The smallest absolute Gasteiger partial charge is 0.255 e. The molecule has 7 nitrogen and oxygen atoms in total. The molecule has 5 rings (SSSR count). The van der Waals surface area contributed by atoms with E-state index in [0.29, 0.717) is 38.3 Å². The zero-order valence-corrected chi connectivity index (χ0v) is 16.9. The summed E-state index contributed by atoms with van der Waals surface area (Å²) in [4.78, 5) is 38.1. The van der Waals surface area contributed by atoms with E-state index in [4.69, 9.17) is 0 Å². The number of piperazine rings is 1. The maximum Gasteiger partial charge on any atom is 0.255 e. The van der Waals surface area contributed by atoms with Crippen LogP contribution in [0.5, 0.6) is 0 Å². The molecule has 1 saturated heterocycles. The Kier molecular flexibility index (Phi) is 4.94. The lowest BCUT2D eigenvalue weighted by molar-refractivity contribution is -0.139. The van der Waals surface area contributed by atoms with Crippen LogP contribution in [0.15, 0.2) is 48.9 Å². The van der Waals surface area contributed by atoms with Crippen molar-refractivity contribution in [3.63, 3.8) is 0 Å². The summed E-state index contributed by atoms with van der Waals surface area (Å²) >= 11 is 0. The average molecular weight is 403 g/mol. The summed E-state index contributed by atoms with van der Waals surface area (Å²) in [5, 5.41) is 0. The Morgan fingerprint density at radius 2 is 1.70 bits per heavy atom. The third-order valence-corrected chi connectivity index (χ3v) is 6.23. The zero-order valence-electron chi connectivity index (χ0n) is 16.9. The van der Waals surface area contributed by atoms with E-state index in [1.54, 1.807) is 12.5 Å². The predicted molar refractivity (Wildman–Crippen MR) is 113 cm³/mol. The standard InChI is InChI=1S/C23H25N5O2/c29-22(18-7-4-8-18)26-9-11-27(12-10-26)23(30)19-13-20-21(24-14-19)28(16-25-20)15-17-5-2-1-3-6-17/h1-3,5-6,13-14,16,18H,4,7-12,15H2. The largest absolute Gasteiger partial charge is 0.339 e. The maximum absolute atomic E-state index is 13.0. The predicted octanol–water partition coefficient (Wildman–Crippen LogP) is 2.56. The fourth-order valence-electron chi connectivity index (χ4n) is 4.19. The van der Waals surface area contributed by atoms with Gasteiger partial charge in [-0.25, -0.2) is 9.97 Å². The lowest BCUT2D eigenvalue weighted by atomic mass is 9.84. The first-order chi connectivity index (χ1) is 14.7. The second-order valence-electron chi connectivity index (χ2n) is 8.17. The van der Waals surface area contributed by atoms with Crippen LogP contribution in [-0.4, -0.2) is 62.3 Å². The Balaban J connectivity index is 1.26. The van der Waals surface area contributed by atoms with Gasteiger partial charge in [0.15, 0.2) is 5.65 Å². The summed E-state index contributed by atoms with van der Waals surface area (Å²) in [5.41, 5.74) is 3.21. The van der Waals surface area contributed by atoms with Gasteiger partial charge >= 0.3 is 0 Å². The number of hydrogen-bond acceptors (Lipinski definition) is 4. The van der Waals surface area contributed by atoms with Gasteiger partial charge in [0.1, 0.15) is 5.52 Å². The van der Waals surface area contributed by atoms with Crippen LogP contribution < -0.4 is 0 Å². The van der Waals surface area contributed by atoms with Crippen LogP contribution in [0.4, 0.5) is 0 Å². The molecule has 7 heteroatoms. The first kappa shape index (κ1) is 18.8. The van der Waals surface area contributed by atoms with E-state index < -0.39 is 0 Å². The number of fused-ring (bicyclic) bond motifs is 1. The highest BCUT2D eigenvalue weighted by Gasteiger charge is 2.32. The number of carbonyl (C=O) groups is 2. The number of carbonyl (C=O) groups excluding carboxylic acids is 2. The first-order valence-corrected chi connectivity index (χ1v) is 10.6. The van der Waals surface area contributed by atoms with E-state index in [-0.39, 0.29) is 17.7 Å². The summed E-state index contributed by atoms with van der Waals surface area (Å²) in [6.45, 7) is 3.05. The van der Waals surface area contributed by atoms with Crippen LogP contribution in [0.2, 0.25) is 0 Å². The van der Waals surface area contributed by atoms with Crippen LogP contribution in [-0.2, 0) is 11.3 Å². The van der Waals surface area contributed by atoms with Crippen molar-refractivity contribution >= 4 is 23.0 Å². The van der Waals surface area contributed by atoms with Crippen molar-refractivity contribution in [3.8, 4) is 0 Å². The Labute approximate surface area is 175 Å². The number of rotatable bonds is 4. The van der Waals surface area contributed by atoms with E-state index >= 15 is 0 Å². The molecule has 2 fully saturated rings. The van der Waals surface area contributed by atoms with E-state index in [1.165, 1.54) is 5.56 Å². The van der Waals surface area contributed by atoms with Crippen molar-refractivity contribution in [2.24, 2.45) is 5.92 Å². The molecule has 30 heavy (non-hydrogen) atoms. The molecule has 0 bridgehead atoms. The lowest BCUT2D eigenvalue weighted by Crippen LogP contribution is -2.52. The molecule has 2 aromatic heterocycles. The topological polar surface area (TPSA) is 71.3 Å². The minimum Gasteiger partial charge on any atom is -0.339 e. The van der Waals surface area contributed by atoms with Gasteiger partial charge in [-0.2, -0.15) is 0 Å². The number of aromatic nitrogens is 3. The number of benzene rings is 1. The molecule has 3 aromatic rings. The minimum absolute atomic E-state index is 0.0437. The van der Waals surface area contributed by atoms with Crippen LogP contribution in [0.3, 0.4) is 0 Å². The molecule has 2 amide bonds. The number of amides is 2. The lowest BCUT2D eigenvalue weighted by Gasteiger charge is -2.38. The summed E-state index contributed by atoms with van der Waals surface area (Å²) < 4.78 is 1.99. The summed E-state index contributed by atoms with van der Waals surface area (Å²) in [6, 6.07) is 12.0. The number of imidazole rings is 1. The van der Waals surface area contributed by atoms with Gasteiger partial charge in [-0.3, -0.25) is 9.59 Å². The quantitative estimate of drug-likeness (QED) is 0.671. The highest BCUT2D eigenvalue weighted by Crippen LogP contribution is 2.28. The van der Waals surface area contributed by atoms with Crippen LogP contribution in [0, 0.1) is 5.92 Å². The normalized spacial score (nSPS) is 17.2. The number of pyridine rings is 1. The molecular weight excluding hydrogens is 378 g/mol. The van der Waals surface area contributed by atoms with Gasteiger partial charge in [-0.1, -0.05) is 36.8 Å². The van der Waals surface area contributed by atoms with Gasteiger partial charge in [0.2, 0.25) is 5.91 Å². The van der Waals surface area contributed by atoms with Crippen molar-refractivity contribution in [1.82, 2.24) is 24.3 Å². The van der Waals surface area contributed by atoms with Gasteiger partial charge in [0, 0.05) is 38.3 Å². The van der Waals surface area contributed by atoms with Crippen molar-refractivity contribution < 1.29 is 9.59 Å². The van der Waals surface area contributed by atoms with Crippen molar-refractivity contribution in [1.29, 1.82) is 0 Å². The molecule has 0 radical (unpaired) electrons. The first-order valence-electron chi connectivity index (χ1n) is 10.6. The Bertz CT molecular complexity index is 1070. The molecule has 1 aromatic carbocycles. The zero-order chi connectivity index (χ0) is 20.5. The third kappa shape index (κ3) is 3.56. The number of hydrogen-bond donors (Lipinski definition) is 0. The molecule has 0 unspecified atom stereocenters. The molecule has 2 aliphatic rings. The summed E-state index contributed by atoms with van der Waals surface area (Å²) in [7, 11) is 0. The van der Waals surface area contributed by atoms with Crippen LogP contribution >= 0.6 is 0 Å². The fraction of sp³-hybridized carbons (Fsp3) is 0.391. The highest BCUT2D eigenvalue weighted by molar-refractivity contribution is 5.96. The molecule has 1 aliphatic carbocycles. The Morgan fingerprint density at radius 1 is 0.967 bits per heavy atom. The van der Waals surface area contributed by atoms with E-state index in [2.05, 4.69) is 22.1 Å². The molecule has 1 saturated carbocycles. The van der Waals surface area contributed by atoms with Crippen molar-refractivity contribution in [2.75, 3.05) is 26.2 Å². The van der Waals surface area contributed by atoms with Crippen LogP contribution in [0.25, 0.3) is 11.2 Å². The van der Waals surface area contributed by atoms with E-state index in [9.17, 15) is 9.59 Å². The van der Waals surface area contributed by atoms with Crippen LogP contribution in [0.1, 0.15) is 35.2 Å². The number of nitrogens with zero attached hydrogens (tertiary/aromatic N) is 5. The SMILES string of the molecule is O=C(c1cnc2c(c1)ncn2Cc1ccccc1)N1CCN(C(=O)C2CCC2)CC1. The van der Waals surface area contributed by atoms with Crippen molar-refractivity contribution in [3.05, 3.63) is 60.0 Å². The average Bonchev–Trinajstić information content (AvgIpc) is 3.15. The summed E-state index contributed by atoms with van der Waals surface area (Å²) in [6.07, 6.45) is 6.59. The third-order valence-electron chi connectivity index (χ3n) is 6.23. The second kappa shape index (κ2) is 7.89. The molecule has 0 N–H and O–H groups in total. The monoisotopic (exact) mass is 403 g/mol. The van der Waals surface area contributed by atoms with Gasteiger partial charge in [-0.05, 0) is 24.5 Å². The molecule has 1 aliphatic heterocycles. The molecule has 0 atom stereocenters. The Morgan fingerprint density at radius 3 is 2.40 bits per heavy atom. The fourth-order valence-corrected chi connectivity index (χ4v) is 4.19. The Hall–Kier alpha value is -3.22. The van der Waals surface area contributed by atoms with Gasteiger partial charge in [0.25, 0.3) is 5.91 Å². The maximum atomic E-state index is 13.0. The van der Waals surface area contributed by atoms with Gasteiger partial charge in [-0.15, -0.1) is 0 Å². The van der Waals surface area contributed by atoms with Gasteiger partial charge < -0.3 is 14.4 Å². The molecule has 154 valence electrons. The van der Waals surface area contributed by atoms with Crippen molar-refractivity contribution in [2.45, 2.75) is 25.8 Å². The minimum atomic E-state index is -0.0437. The van der Waals surface area contributed by atoms with E-state index in [0.717, 1.165) is 30.4 Å². The van der Waals surface area contributed by atoms with E-state index in [1.807, 2.05) is 38.6 Å². The second-order valence-corrected chi connectivity index (χ2v) is 8.17. The highest BCUT2D eigenvalue weighted by atomic mass is 16.2. The molecular formula is C23H25N5O2. The molecule has 3 heterocycles. The van der Waals surface area contributed by atoms with Gasteiger partial charge in [0.05, 0.1) is 18.4 Å².